The van der Waals surface area contributed by atoms with Gasteiger partial charge in [-0.15, -0.1) is 11.8 Å². The summed E-state index contributed by atoms with van der Waals surface area (Å²) in [6.45, 7) is 5.49. The number of hydrogen-bond donors (Lipinski definition) is 1. The van der Waals surface area contributed by atoms with Gasteiger partial charge in [0.1, 0.15) is 0 Å². The van der Waals surface area contributed by atoms with Crippen LogP contribution in [0.3, 0.4) is 0 Å². The maximum absolute atomic E-state index is 10.8. The summed E-state index contributed by atoms with van der Waals surface area (Å²) in [5.74, 6) is 1.35. The molecule has 1 fully saturated rings. The van der Waals surface area contributed by atoms with Crippen LogP contribution in [-0.4, -0.2) is 62.2 Å². The quantitative estimate of drug-likeness (QED) is 0.511. The molecule has 4 nitrogen and oxygen atoms in total. The Morgan fingerprint density at radius 3 is 2.86 bits per heavy atom. The van der Waals surface area contributed by atoms with Crippen LogP contribution in [0.4, 0.5) is 0 Å². The number of carbonyl (C=O) groups excluding carboxylic acids is 1. The average molecular weight is 218 g/mol. The number of nitrogens with one attached hydrogen (secondary N) is 1. The Labute approximate surface area is 89.4 Å². The second kappa shape index (κ2) is 7.09. The van der Waals surface area contributed by atoms with E-state index in [0.29, 0.717) is 5.75 Å². The van der Waals surface area contributed by atoms with E-state index in [1.165, 1.54) is 7.11 Å². The lowest BCUT2D eigenvalue weighted by Crippen LogP contribution is -2.44. The molecule has 0 spiro atoms. The van der Waals surface area contributed by atoms with Crippen molar-refractivity contribution in [1.82, 2.24) is 10.2 Å². The van der Waals surface area contributed by atoms with Crippen molar-refractivity contribution in [2.75, 3.05) is 51.3 Å². The molecule has 0 unspecified atom stereocenters. The Morgan fingerprint density at radius 1 is 1.50 bits per heavy atom. The van der Waals surface area contributed by atoms with E-state index in [0.717, 1.165) is 38.5 Å². The lowest BCUT2D eigenvalue weighted by molar-refractivity contribution is -0.137. The predicted molar refractivity (Wildman–Crippen MR) is 58.7 cm³/mol. The molecule has 1 saturated heterocycles. The molecule has 0 radical (unpaired) electrons. The van der Waals surface area contributed by atoms with Gasteiger partial charge in [-0.05, 0) is 0 Å². The first-order chi connectivity index (χ1) is 6.83. The molecule has 0 aromatic heterocycles. The number of piperazine rings is 1. The van der Waals surface area contributed by atoms with E-state index in [1.807, 2.05) is 0 Å². The third-order valence-corrected chi connectivity index (χ3v) is 3.12. The summed E-state index contributed by atoms with van der Waals surface area (Å²) in [5, 5.41) is 3.31. The smallest absolute Gasteiger partial charge is 0.315 e. The molecule has 1 aliphatic rings. The zero-order valence-corrected chi connectivity index (χ0v) is 9.44. The Bertz CT molecular complexity index is 172. The van der Waals surface area contributed by atoms with E-state index in [4.69, 9.17) is 0 Å². The molecule has 0 aliphatic carbocycles. The minimum atomic E-state index is -0.129. The normalized spacial score (nSPS) is 18.1. The molecule has 0 bridgehead atoms. The first-order valence-electron chi connectivity index (χ1n) is 4.90. The standard InChI is InChI=1S/C9H18N2O2S/c1-13-9(12)8-14-7-6-11-4-2-10-3-5-11/h10H,2-8H2,1H3. The van der Waals surface area contributed by atoms with Gasteiger partial charge in [-0.3, -0.25) is 9.69 Å². The van der Waals surface area contributed by atoms with Gasteiger partial charge in [0.25, 0.3) is 0 Å². The number of ether oxygens (including phenoxy) is 1. The van der Waals surface area contributed by atoms with E-state index in [9.17, 15) is 4.79 Å². The highest BCUT2D eigenvalue weighted by Crippen LogP contribution is 2.02. The van der Waals surface area contributed by atoms with Crippen LogP contribution in [0.2, 0.25) is 0 Å². The first-order valence-corrected chi connectivity index (χ1v) is 6.06. The highest BCUT2D eigenvalue weighted by molar-refractivity contribution is 7.99. The van der Waals surface area contributed by atoms with Crippen LogP contribution in [0.15, 0.2) is 0 Å². The SMILES string of the molecule is COC(=O)CSCCN1CCNCC1. The topological polar surface area (TPSA) is 41.6 Å². The molecule has 1 heterocycles. The number of nitrogens with zero attached hydrogens (tertiary/aromatic N) is 1. The molecule has 5 heteroatoms. The monoisotopic (exact) mass is 218 g/mol. The Hall–Kier alpha value is -0.260. The molecule has 0 atom stereocenters. The van der Waals surface area contributed by atoms with Crippen LogP contribution >= 0.6 is 11.8 Å². The maximum atomic E-state index is 10.8. The molecule has 0 aromatic rings. The van der Waals surface area contributed by atoms with Crippen LogP contribution in [0.5, 0.6) is 0 Å². The third-order valence-electron chi connectivity index (χ3n) is 2.21. The Morgan fingerprint density at radius 2 is 2.21 bits per heavy atom. The van der Waals surface area contributed by atoms with Crippen molar-refractivity contribution in [2.45, 2.75) is 0 Å². The largest absolute Gasteiger partial charge is 0.468 e. The minimum Gasteiger partial charge on any atom is -0.468 e. The molecule has 82 valence electrons. The first kappa shape index (κ1) is 11.8. The van der Waals surface area contributed by atoms with Crippen molar-refractivity contribution < 1.29 is 9.53 Å². The number of hydrogen-bond acceptors (Lipinski definition) is 5. The van der Waals surface area contributed by atoms with Crippen LogP contribution in [0.1, 0.15) is 0 Å². The summed E-state index contributed by atoms with van der Waals surface area (Å²) in [6, 6.07) is 0. The number of carbonyl (C=O) groups is 1. The Balaban J connectivity index is 1.94. The van der Waals surface area contributed by atoms with Crippen LogP contribution in [0.25, 0.3) is 0 Å². The van der Waals surface area contributed by atoms with Crippen molar-refractivity contribution in [2.24, 2.45) is 0 Å². The van der Waals surface area contributed by atoms with Gasteiger partial charge in [0.2, 0.25) is 0 Å². The second-order valence-corrected chi connectivity index (χ2v) is 4.33. The lowest BCUT2D eigenvalue weighted by atomic mass is 10.4. The molecule has 0 amide bonds. The molecule has 1 aliphatic heterocycles. The van der Waals surface area contributed by atoms with Gasteiger partial charge >= 0.3 is 5.97 Å². The van der Waals surface area contributed by atoms with Gasteiger partial charge in [-0.1, -0.05) is 0 Å². The Kier molecular flexibility index (Phi) is 5.98. The summed E-state index contributed by atoms with van der Waals surface area (Å²) in [5.41, 5.74) is 0. The lowest BCUT2D eigenvalue weighted by Gasteiger charge is -2.26. The van der Waals surface area contributed by atoms with E-state index >= 15 is 0 Å². The fourth-order valence-corrected chi connectivity index (χ4v) is 2.16. The summed E-state index contributed by atoms with van der Waals surface area (Å²) in [7, 11) is 1.43. The molecular weight excluding hydrogens is 200 g/mol. The zero-order valence-electron chi connectivity index (χ0n) is 8.62. The molecule has 1 N–H and O–H groups in total. The van der Waals surface area contributed by atoms with Gasteiger partial charge in [-0.2, -0.15) is 0 Å². The van der Waals surface area contributed by atoms with Crippen LogP contribution < -0.4 is 5.32 Å². The van der Waals surface area contributed by atoms with Crippen molar-refractivity contribution in [1.29, 1.82) is 0 Å². The van der Waals surface area contributed by atoms with E-state index in [-0.39, 0.29) is 5.97 Å². The number of rotatable bonds is 5. The van der Waals surface area contributed by atoms with Gasteiger partial charge in [0.15, 0.2) is 0 Å². The number of thioether (sulfide) groups is 1. The summed E-state index contributed by atoms with van der Waals surface area (Å²) < 4.78 is 4.56. The molecule has 0 aromatic carbocycles. The highest BCUT2D eigenvalue weighted by Gasteiger charge is 2.08. The fourth-order valence-electron chi connectivity index (χ4n) is 1.34. The van der Waals surface area contributed by atoms with Crippen molar-refractivity contribution in [3.63, 3.8) is 0 Å². The van der Waals surface area contributed by atoms with Gasteiger partial charge < -0.3 is 10.1 Å². The van der Waals surface area contributed by atoms with Crippen molar-refractivity contribution >= 4 is 17.7 Å². The molecule has 14 heavy (non-hydrogen) atoms. The van der Waals surface area contributed by atoms with Crippen LogP contribution in [-0.2, 0) is 9.53 Å². The van der Waals surface area contributed by atoms with Crippen molar-refractivity contribution in [3.8, 4) is 0 Å². The molecule has 0 saturated carbocycles. The minimum absolute atomic E-state index is 0.129. The highest BCUT2D eigenvalue weighted by atomic mass is 32.2. The second-order valence-electron chi connectivity index (χ2n) is 3.22. The van der Waals surface area contributed by atoms with Crippen molar-refractivity contribution in [3.05, 3.63) is 0 Å². The van der Waals surface area contributed by atoms with Gasteiger partial charge in [-0.25, -0.2) is 0 Å². The zero-order chi connectivity index (χ0) is 10.2. The van der Waals surface area contributed by atoms with E-state index in [1.54, 1.807) is 11.8 Å². The summed E-state index contributed by atoms with van der Waals surface area (Å²) in [6.07, 6.45) is 0. The maximum Gasteiger partial charge on any atom is 0.315 e. The van der Waals surface area contributed by atoms with Gasteiger partial charge in [0, 0.05) is 38.5 Å². The number of esters is 1. The van der Waals surface area contributed by atoms with Crippen LogP contribution in [0, 0.1) is 0 Å². The summed E-state index contributed by atoms with van der Waals surface area (Å²) in [4.78, 5) is 13.2. The predicted octanol–water partition coefficient (Wildman–Crippen LogP) is -0.202. The van der Waals surface area contributed by atoms with E-state index < -0.39 is 0 Å². The molecular formula is C9H18N2O2S. The number of methoxy groups -OCH3 is 1. The molecule has 1 rings (SSSR count). The fraction of sp³-hybridized carbons (Fsp3) is 0.889. The summed E-state index contributed by atoms with van der Waals surface area (Å²) >= 11 is 1.64. The van der Waals surface area contributed by atoms with E-state index in [2.05, 4.69) is 15.0 Å². The third kappa shape index (κ3) is 4.83. The van der Waals surface area contributed by atoms with Gasteiger partial charge in [0.05, 0.1) is 12.9 Å². The average Bonchev–Trinajstić information content (AvgIpc) is 2.25.